The van der Waals surface area contributed by atoms with Gasteiger partial charge in [0.25, 0.3) is 0 Å². The number of phenolic OH excluding ortho intramolecular Hbond substituents is 1. The molecule has 0 fully saturated rings. The van der Waals surface area contributed by atoms with Crippen molar-refractivity contribution in [3.05, 3.63) is 82.0 Å². The summed E-state index contributed by atoms with van der Waals surface area (Å²) in [5.74, 6) is 3.89. The molecule has 2 aromatic rings. The van der Waals surface area contributed by atoms with Crippen LogP contribution in [0.3, 0.4) is 0 Å². The highest BCUT2D eigenvalue weighted by Gasteiger charge is 2.11. The summed E-state index contributed by atoms with van der Waals surface area (Å²) < 4.78 is 10.6. The van der Waals surface area contributed by atoms with Crippen LogP contribution in [0, 0.1) is 26.2 Å². The number of terminal acetylenes is 1. The molecule has 2 rings (SSSR count). The predicted molar refractivity (Wildman–Crippen MR) is 165 cm³/mol. The molecule has 0 heterocycles. The van der Waals surface area contributed by atoms with Gasteiger partial charge >= 0.3 is 0 Å². The van der Waals surface area contributed by atoms with E-state index < -0.39 is 0 Å². The van der Waals surface area contributed by atoms with E-state index in [1.165, 1.54) is 11.1 Å². The van der Waals surface area contributed by atoms with Gasteiger partial charge in [0.1, 0.15) is 11.5 Å². The number of hydrogen-bond acceptors (Lipinski definition) is 6. The summed E-state index contributed by atoms with van der Waals surface area (Å²) in [6.45, 7) is 16.6. The van der Waals surface area contributed by atoms with Gasteiger partial charge in [-0.25, -0.2) is 4.89 Å². The largest absolute Gasteiger partial charge is 0.508 e. The molecule has 3 N–H and O–H groups in total. The first-order chi connectivity index (χ1) is 18.7. The van der Waals surface area contributed by atoms with Gasteiger partial charge in [-0.1, -0.05) is 64.0 Å². The van der Waals surface area contributed by atoms with Crippen LogP contribution in [0.4, 0.5) is 0 Å². The van der Waals surface area contributed by atoms with Crippen molar-refractivity contribution in [3.8, 4) is 23.8 Å². The maximum atomic E-state index is 10.0. The zero-order valence-corrected chi connectivity index (χ0v) is 26.2. The standard InChI is InChI=1S/C21H29O5P.C8H10.C2H6.CH4O/c1-14(2)19-12-17(6-7-21(19)23)13-20-15(3)10-18(11-16(20)4)25-27-26-24-9-5-8-22;1-4-6-7-8(3)5-2;2*1-2/h6-7,10-12,14,22-23,27H,5,8-9,13H2,1-4H3;2,4,6-7H,1,3H3;1-2H3;2H,1H3/b;6-4-,8-7-;;. The molecule has 0 amide bonds. The predicted octanol–water partition coefficient (Wildman–Crippen LogP) is 7.72. The van der Waals surface area contributed by atoms with Crippen LogP contribution in [0.15, 0.2) is 54.1 Å². The minimum absolute atomic E-state index is 0.0763. The summed E-state index contributed by atoms with van der Waals surface area (Å²) >= 11 is 0. The molecular formula is C32H49O6P. The minimum atomic E-state index is -0.254. The van der Waals surface area contributed by atoms with Crippen LogP contribution < -0.4 is 4.52 Å². The molecule has 0 aliphatic rings. The topological polar surface area (TPSA) is 88.4 Å². The highest BCUT2D eigenvalue weighted by molar-refractivity contribution is 7.26. The van der Waals surface area contributed by atoms with Gasteiger partial charge in [0, 0.05) is 13.7 Å². The third-order valence-electron chi connectivity index (χ3n) is 5.17. The molecule has 0 spiro atoms. The zero-order chi connectivity index (χ0) is 30.2. The first kappa shape index (κ1) is 38.5. The van der Waals surface area contributed by atoms with Gasteiger partial charge in [-0.05, 0) is 98.0 Å². The fourth-order valence-electron chi connectivity index (χ4n) is 3.21. The third-order valence-corrected chi connectivity index (χ3v) is 5.67. The molecule has 0 radical (unpaired) electrons. The summed E-state index contributed by atoms with van der Waals surface area (Å²) in [4.78, 5) is 4.91. The molecule has 7 heteroatoms. The summed E-state index contributed by atoms with van der Waals surface area (Å²) in [6.07, 6.45) is 12.2. The first-order valence-corrected chi connectivity index (χ1v) is 14.0. The number of aliphatic hydroxyl groups excluding tert-OH is 2. The lowest BCUT2D eigenvalue weighted by Crippen LogP contribution is -1.99. The second-order valence-corrected chi connectivity index (χ2v) is 8.99. The molecule has 0 aliphatic heterocycles. The maximum Gasteiger partial charge on any atom is 0.250 e. The lowest BCUT2D eigenvalue weighted by molar-refractivity contribution is -0.202. The molecule has 1 atom stereocenters. The van der Waals surface area contributed by atoms with E-state index >= 15 is 0 Å². The lowest BCUT2D eigenvalue weighted by Gasteiger charge is -2.15. The van der Waals surface area contributed by atoms with Crippen LogP contribution in [0.1, 0.15) is 81.7 Å². The molecule has 218 valence electrons. The molecule has 0 bridgehead atoms. The van der Waals surface area contributed by atoms with E-state index in [-0.39, 0.29) is 21.6 Å². The molecule has 1 unspecified atom stereocenters. The molecule has 0 saturated heterocycles. The Morgan fingerprint density at radius 2 is 1.72 bits per heavy atom. The zero-order valence-electron chi connectivity index (χ0n) is 25.2. The normalized spacial score (nSPS) is 10.8. The van der Waals surface area contributed by atoms with Crippen molar-refractivity contribution < 1.29 is 29.4 Å². The smallest absolute Gasteiger partial charge is 0.250 e. The summed E-state index contributed by atoms with van der Waals surface area (Å²) in [5.41, 5.74) is 6.67. The average molecular weight is 561 g/mol. The van der Waals surface area contributed by atoms with Crippen molar-refractivity contribution in [2.45, 2.75) is 74.1 Å². The van der Waals surface area contributed by atoms with Gasteiger partial charge in [-0.15, -0.1) is 6.42 Å². The van der Waals surface area contributed by atoms with Crippen LogP contribution in [-0.2, 0) is 16.0 Å². The Morgan fingerprint density at radius 3 is 2.23 bits per heavy atom. The van der Waals surface area contributed by atoms with Crippen LogP contribution in [0.25, 0.3) is 0 Å². The highest BCUT2D eigenvalue weighted by Crippen LogP contribution is 2.31. The Bertz CT molecular complexity index is 999. The van der Waals surface area contributed by atoms with E-state index in [2.05, 4.69) is 39.7 Å². The van der Waals surface area contributed by atoms with Gasteiger partial charge in [0.15, 0.2) is 0 Å². The average Bonchev–Trinajstić information content (AvgIpc) is 2.94. The SMILES string of the molecule is C#C/C(C)=C\C=C/C.CC.CO.Cc1cc(OPOOCCCO)cc(C)c1Cc1ccc(O)c(C(C)C)c1. The molecule has 0 aliphatic carbocycles. The monoisotopic (exact) mass is 560 g/mol. The van der Waals surface area contributed by atoms with Crippen LogP contribution >= 0.6 is 9.03 Å². The van der Waals surface area contributed by atoms with E-state index in [1.54, 1.807) is 6.07 Å². The Kier molecular flexibility index (Phi) is 24.1. The Hall–Kier alpha value is -2.65. The van der Waals surface area contributed by atoms with Crippen LogP contribution in [0.2, 0.25) is 0 Å². The van der Waals surface area contributed by atoms with Gasteiger partial charge < -0.3 is 19.8 Å². The third kappa shape index (κ3) is 16.8. The van der Waals surface area contributed by atoms with E-state index in [0.717, 1.165) is 41.5 Å². The second kappa shape index (κ2) is 24.4. The van der Waals surface area contributed by atoms with E-state index in [4.69, 9.17) is 30.7 Å². The van der Waals surface area contributed by atoms with Crippen molar-refractivity contribution in [1.29, 1.82) is 0 Å². The number of phenols is 1. The molecular weight excluding hydrogens is 511 g/mol. The van der Waals surface area contributed by atoms with Crippen molar-refractivity contribution in [2.24, 2.45) is 0 Å². The van der Waals surface area contributed by atoms with E-state index in [0.29, 0.717) is 18.8 Å². The van der Waals surface area contributed by atoms with E-state index in [9.17, 15) is 5.11 Å². The van der Waals surface area contributed by atoms with Gasteiger partial charge in [0.2, 0.25) is 9.03 Å². The molecule has 6 nitrogen and oxygen atoms in total. The van der Waals surface area contributed by atoms with Gasteiger partial charge in [-0.3, -0.25) is 0 Å². The number of rotatable bonds is 11. The fourth-order valence-corrected chi connectivity index (χ4v) is 3.59. The number of aryl methyl sites for hydroxylation is 2. The maximum absolute atomic E-state index is 10.0. The number of benzene rings is 2. The van der Waals surface area contributed by atoms with Crippen LogP contribution in [-0.4, -0.2) is 35.6 Å². The first-order valence-electron chi connectivity index (χ1n) is 13.2. The summed E-state index contributed by atoms with van der Waals surface area (Å²) in [6, 6.07) is 9.83. The van der Waals surface area contributed by atoms with Crippen molar-refractivity contribution in [3.63, 3.8) is 0 Å². The van der Waals surface area contributed by atoms with E-state index in [1.807, 2.05) is 64.1 Å². The number of aromatic hydroxyl groups is 1. The molecule has 0 saturated carbocycles. The Labute approximate surface area is 238 Å². The second-order valence-electron chi connectivity index (χ2n) is 8.45. The quantitative estimate of drug-likeness (QED) is 0.0651. The Morgan fingerprint density at radius 1 is 1.10 bits per heavy atom. The van der Waals surface area contributed by atoms with Gasteiger partial charge in [0.05, 0.1) is 6.61 Å². The summed E-state index contributed by atoms with van der Waals surface area (Å²) in [5, 5.41) is 25.7. The van der Waals surface area contributed by atoms with Crippen molar-refractivity contribution >= 4 is 9.03 Å². The molecule has 0 aromatic heterocycles. The summed E-state index contributed by atoms with van der Waals surface area (Å²) in [7, 11) is 0.746. The lowest BCUT2D eigenvalue weighted by atomic mass is 9.93. The van der Waals surface area contributed by atoms with Gasteiger partial charge in [-0.2, -0.15) is 4.67 Å². The molecule has 2 aromatic carbocycles. The molecule has 39 heavy (non-hydrogen) atoms. The van der Waals surface area contributed by atoms with Crippen molar-refractivity contribution in [2.75, 3.05) is 20.3 Å². The number of aliphatic hydroxyl groups is 2. The van der Waals surface area contributed by atoms with Crippen LogP contribution in [0.5, 0.6) is 11.5 Å². The Balaban J connectivity index is 0. The number of hydrogen-bond donors (Lipinski definition) is 3. The number of allylic oxidation sites excluding steroid dienone is 4. The van der Waals surface area contributed by atoms with Crippen molar-refractivity contribution in [1.82, 2.24) is 0 Å². The minimum Gasteiger partial charge on any atom is -0.508 e. The fraction of sp³-hybridized carbons (Fsp3) is 0.438. The highest BCUT2D eigenvalue weighted by atomic mass is 31.1.